The minimum Gasteiger partial charge on any atom is -0.606 e. The Morgan fingerprint density at radius 1 is 0.810 bits per heavy atom. The lowest BCUT2D eigenvalue weighted by molar-refractivity contribution is 0.0683. The van der Waals surface area contributed by atoms with Gasteiger partial charge in [-0.05, 0) is 24.3 Å². The average Bonchev–Trinajstić information content (AvgIpc) is 2.46. The Morgan fingerprint density at radius 3 is 1.48 bits per heavy atom. The molecule has 0 bridgehead atoms. The van der Waals surface area contributed by atoms with Gasteiger partial charge in [0.1, 0.15) is 11.1 Å². The molecule has 0 saturated carbocycles. The van der Waals surface area contributed by atoms with Crippen molar-refractivity contribution in [3.05, 3.63) is 59.7 Å². The summed E-state index contributed by atoms with van der Waals surface area (Å²) in [5, 5.41) is 18.2. The third kappa shape index (κ3) is 3.76. The van der Waals surface area contributed by atoms with Gasteiger partial charge in [-0.3, -0.25) is 0 Å². The van der Waals surface area contributed by atoms with Crippen LogP contribution in [0.1, 0.15) is 20.7 Å². The summed E-state index contributed by atoms with van der Waals surface area (Å²) in [6.45, 7) is 0. The molecule has 2 N–H and O–H groups in total. The van der Waals surface area contributed by atoms with Crippen LogP contribution in [0.5, 0.6) is 0 Å². The first-order chi connectivity index (χ1) is 9.52. The standard InChI is InChI=1S/C14H10O5S.Mg.2H/c15-13(16)9-5-1-3-7-11(9)20(19)12-8-4-2-6-10(12)14(17)18;;;/h1-8H,(H,15,16)(H,17,18);;;. The molecule has 106 valence electrons. The summed E-state index contributed by atoms with van der Waals surface area (Å²) >= 11 is -1.87. The molecule has 0 amide bonds. The number of rotatable bonds is 4. The predicted octanol–water partition coefficient (Wildman–Crippen LogP) is 1.33. The minimum absolute atomic E-state index is 0. The first-order valence-corrected chi connectivity index (χ1v) is 6.73. The number of hydrogen-bond donors (Lipinski definition) is 2. The van der Waals surface area contributed by atoms with Crippen molar-refractivity contribution < 1.29 is 24.4 Å². The Morgan fingerprint density at radius 2 is 1.14 bits per heavy atom. The van der Waals surface area contributed by atoms with Gasteiger partial charge in [-0.15, -0.1) is 0 Å². The van der Waals surface area contributed by atoms with E-state index in [9.17, 15) is 14.1 Å². The van der Waals surface area contributed by atoms with E-state index >= 15 is 0 Å². The van der Waals surface area contributed by atoms with Crippen LogP contribution in [0.2, 0.25) is 0 Å². The number of hydrogen-bond acceptors (Lipinski definition) is 3. The van der Waals surface area contributed by atoms with Crippen molar-refractivity contribution in [2.75, 3.05) is 0 Å². The fraction of sp³-hybridized carbons (Fsp3) is 0. The fourth-order valence-corrected chi connectivity index (χ4v) is 3.08. The number of aromatic carboxylic acids is 2. The number of carboxylic acids is 2. The molecule has 21 heavy (non-hydrogen) atoms. The van der Waals surface area contributed by atoms with Gasteiger partial charge in [0.2, 0.25) is 0 Å². The summed E-state index contributed by atoms with van der Waals surface area (Å²) < 4.78 is 12.5. The Hall–Kier alpha value is -1.54. The number of carboxylic acid groups (broad SMARTS) is 2. The van der Waals surface area contributed by atoms with E-state index in [4.69, 9.17) is 10.2 Å². The van der Waals surface area contributed by atoms with Gasteiger partial charge in [-0.2, -0.15) is 0 Å². The molecule has 0 aliphatic heterocycles. The third-order valence-corrected chi connectivity index (χ3v) is 4.15. The van der Waals surface area contributed by atoms with Crippen molar-refractivity contribution in [2.45, 2.75) is 9.79 Å². The fourth-order valence-electron chi connectivity index (χ4n) is 1.73. The molecule has 0 unspecified atom stereocenters. The van der Waals surface area contributed by atoms with E-state index in [1.807, 2.05) is 0 Å². The van der Waals surface area contributed by atoms with Crippen LogP contribution >= 0.6 is 0 Å². The van der Waals surface area contributed by atoms with Crippen molar-refractivity contribution in [1.82, 2.24) is 0 Å². The molecular formula is C14H12MgO5S. The Bertz CT molecular complexity index is 616. The normalized spacial score (nSPS) is 10.0. The van der Waals surface area contributed by atoms with Crippen molar-refractivity contribution in [3.8, 4) is 0 Å². The molecule has 0 radical (unpaired) electrons. The number of carbonyl (C=O) groups is 2. The van der Waals surface area contributed by atoms with E-state index in [0.717, 1.165) is 0 Å². The molecule has 2 rings (SSSR count). The molecule has 0 spiro atoms. The van der Waals surface area contributed by atoms with Crippen molar-refractivity contribution in [2.24, 2.45) is 0 Å². The largest absolute Gasteiger partial charge is 0.606 e. The predicted molar refractivity (Wildman–Crippen MR) is 80.0 cm³/mol. The second kappa shape index (κ2) is 7.46. The monoisotopic (exact) mass is 316 g/mol. The van der Waals surface area contributed by atoms with Gasteiger partial charge in [0.15, 0.2) is 9.79 Å². The van der Waals surface area contributed by atoms with Crippen LogP contribution in [0.4, 0.5) is 0 Å². The van der Waals surface area contributed by atoms with E-state index in [-0.39, 0.29) is 44.0 Å². The summed E-state index contributed by atoms with van der Waals surface area (Å²) in [4.78, 5) is 22.4. The highest BCUT2D eigenvalue weighted by Crippen LogP contribution is 2.26. The molecule has 0 aromatic heterocycles. The minimum atomic E-state index is -1.87. The van der Waals surface area contributed by atoms with E-state index in [1.54, 1.807) is 12.1 Å². The summed E-state index contributed by atoms with van der Waals surface area (Å²) in [6.07, 6.45) is 0. The topological polar surface area (TPSA) is 97.7 Å². The molecule has 0 heterocycles. The Kier molecular flexibility index (Phi) is 6.22. The highest BCUT2D eigenvalue weighted by atomic mass is 32.2. The maximum atomic E-state index is 12.5. The van der Waals surface area contributed by atoms with Crippen LogP contribution in [0, 0.1) is 0 Å². The van der Waals surface area contributed by atoms with Crippen molar-refractivity contribution in [1.29, 1.82) is 0 Å². The van der Waals surface area contributed by atoms with Crippen LogP contribution in [-0.2, 0) is 11.2 Å². The Balaban J connectivity index is 0.00000220. The zero-order valence-corrected chi connectivity index (χ0v) is 11.0. The van der Waals surface area contributed by atoms with Crippen molar-refractivity contribution in [3.63, 3.8) is 0 Å². The van der Waals surface area contributed by atoms with Crippen LogP contribution < -0.4 is 0 Å². The van der Waals surface area contributed by atoms with Crippen LogP contribution in [0.3, 0.4) is 0 Å². The molecule has 0 fully saturated rings. The third-order valence-electron chi connectivity index (χ3n) is 2.63. The number of benzene rings is 2. The lowest BCUT2D eigenvalue weighted by atomic mass is 10.2. The highest BCUT2D eigenvalue weighted by molar-refractivity contribution is 7.91. The quantitative estimate of drug-likeness (QED) is 0.655. The lowest BCUT2D eigenvalue weighted by Crippen LogP contribution is -2.13. The zero-order chi connectivity index (χ0) is 14.7. The van der Waals surface area contributed by atoms with Crippen molar-refractivity contribution >= 4 is 46.2 Å². The molecule has 0 aliphatic carbocycles. The molecule has 2 aromatic carbocycles. The van der Waals surface area contributed by atoms with Gasteiger partial charge in [0.25, 0.3) is 0 Å². The molecule has 5 nitrogen and oxygen atoms in total. The van der Waals surface area contributed by atoms with Gasteiger partial charge in [0.05, 0.1) is 0 Å². The maximum Gasteiger partial charge on any atom is 0.340 e. The average molecular weight is 317 g/mol. The zero-order valence-electron chi connectivity index (χ0n) is 10.1. The molecule has 2 aromatic rings. The summed E-state index contributed by atoms with van der Waals surface area (Å²) in [5.74, 6) is -2.41. The maximum absolute atomic E-state index is 12.5. The smallest absolute Gasteiger partial charge is 0.340 e. The van der Waals surface area contributed by atoms with Gasteiger partial charge in [-0.1, -0.05) is 24.3 Å². The highest BCUT2D eigenvalue weighted by Gasteiger charge is 2.26. The molecule has 0 aliphatic rings. The van der Waals surface area contributed by atoms with Gasteiger partial charge in [-0.25, -0.2) is 9.59 Å². The molecule has 0 atom stereocenters. The van der Waals surface area contributed by atoms with Gasteiger partial charge < -0.3 is 14.8 Å². The molecular weight excluding hydrogens is 305 g/mol. The second-order valence-corrected chi connectivity index (χ2v) is 5.29. The summed E-state index contributed by atoms with van der Waals surface area (Å²) in [5.41, 5.74) is -0.211. The Labute approximate surface area is 139 Å². The van der Waals surface area contributed by atoms with E-state index in [2.05, 4.69) is 0 Å². The van der Waals surface area contributed by atoms with Crippen LogP contribution in [0.15, 0.2) is 58.3 Å². The molecule has 7 heteroatoms. The first-order valence-electron chi connectivity index (χ1n) is 5.59. The first kappa shape index (κ1) is 17.5. The van der Waals surface area contributed by atoms with E-state index in [0.29, 0.717) is 0 Å². The summed E-state index contributed by atoms with van der Waals surface area (Å²) in [7, 11) is 0. The SMILES string of the molecule is O=C(O)c1ccccc1[S+]([O-])c1ccccc1C(=O)O.[MgH2]. The second-order valence-electron chi connectivity index (χ2n) is 3.87. The van der Waals surface area contributed by atoms with Gasteiger partial charge in [0, 0.05) is 11.2 Å². The van der Waals surface area contributed by atoms with Gasteiger partial charge >= 0.3 is 35.0 Å². The summed E-state index contributed by atoms with van der Waals surface area (Å²) in [6, 6.07) is 11.7. The molecule has 0 saturated heterocycles. The van der Waals surface area contributed by atoms with Crippen LogP contribution in [0.25, 0.3) is 0 Å². The lowest BCUT2D eigenvalue weighted by Gasteiger charge is -2.13. The van der Waals surface area contributed by atoms with E-state index in [1.165, 1.54) is 36.4 Å². The van der Waals surface area contributed by atoms with E-state index < -0.39 is 23.1 Å². The van der Waals surface area contributed by atoms with Crippen LogP contribution in [-0.4, -0.2) is 49.8 Å².